The first-order chi connectivity index (χ1) is 12.6. The lowest BCUT2D eigenvalue weighted by atomic mass is 10.0. The van der Waals surface area contributed by atoms with Crippen LogP contribution >= 0.6 is 11.8 Å². The Bertz CT molecular complexity index is 825. The van der Waals surface area contributed by atoms with E-state index < -0.39 is 10.9 Å². The second-order valence-electron chi connectivity index (χ2n) is 6.46. The van der Waals surface area contributed by atoms with E-state index in [9.17, 15) is 9.59 Å². The fourth-order valence-corrected chi connectivity index (χ4v) is 5.39. The third-order valence-electron chi connectivity index (χ3n) is 5.01. The van der Waals surface area contributed by atoms with Crippen LogP contribution in [-0.4, -0.2) is 35.6 Å². The van der Waals surface area contributed by atoms with Crippen molar-refractivity contribution in [3.05, 3.63) is 60.2 Å². The minimum atomic E-state index is -0.461. The summed E-state index contributed by atoms with van der Waals surface area (Å²) in [5, 5.41) is 2.94. The van der Waals surface area contributed by atoms with Gasteiger partial charge in [-0.15, -0.1) is 11.8 Å². The van der Waals surface area contributed by atoms with Crippen LogP contribution in [0.15, 0.2) is 54.6 Å². The number of benzene rings is 2. The third kappa shape index (κ3) is 2.74. The molecule has 0 saturated carbocycles. The number of nitrogens with one attached hydrogen (secondary N) is 1. The number of fused-ring (bicyclic) bond motifs is 1. The van der Waals surface area contributed by atoms with Crippen LogP contribution in [-0.2, 0) is 14.5 Å². The maximum Gasteiger partial charge on any atom is 0.248 e. The van der Waals surface area contributed by atoms with Gasteiger partial charge in [0, 0.05) is 17.9 Å². The van der Waals surface area contributed by atoms with Crippen molar-refractivity contribution >= 4 is 29.3 Å². The highest BCUT2D eigenvalue weighted by atomic mass is 32.2. The largest absolute Gasteiger partial charge is 0.497 e. The Kier molecular flexibility index (Phi) is 4.36. The zero-order valence-electron chi connectivity index (χ0n) is 14.5. The number of carbonyl (C=O) groups excluding carboxylic acids is 2. The molecular formula is C20H20N2O3S. The maximum absolute atomic E-state index is 12.9. The van der Waals surface area contributed by atoms with Gasteiger partial charge in [0.15, 0.2) is 0 Å². The smallest absolute Gasteiger partial charge is 0.248 e. The van der Waals surface area contributed by atoms with Gasteiger partial charge in [-0.05, 0) is 36.2 Å². The van der Waals surface area contributed by atoms with E-state index in [0.29, 0.717) is 17.9 Å². The van der Waals surface area contributed by atoms with Gasteiger partial charge in [0.25, 0.3) is 0 Å². The van der Waals surface area contributed by atoms with Crippen molar-refractivity contribution in [2.24, 2.45) is 0 Å². The normalized spacial score (nSPS) is 24.4. The van der Waals surface area contributed by atoms with Gasteiger partial charge in [-0.3, -0.25) is 9.59 Å². The number of rotatable bonds is 4. The molecule has 134 valence electrons. The molecule has 6 heteroatoms. The second kappa shape index (κ2) is 6.68. The summed E-state index contributed by atoms with van der Waals surface area (Å²) in [5.41, 5.74) is 1.79. The van der Waals surface area contributed by atoms with Gasteiger partial charge < -0.3 is 15.0 Å². The Morgan fingerprint density at radius 2 is 1.92 bits per heavy atom. The first-order valence-electron chi connectivity index (χ1n) is 8.60. The first-order valence-corrected chi connectivity index (χ1v) is 9.59. The Balaban J connectivity index is 1.57. The van der Waals surface area contributed by atoms with Gasteiger partial charge >= 0.3 is 0 Å². The molecule has 2 aliphatic rings. The lowest BCUT2D eigenvalue weighted by Gasteiger charge is -2.34. The van der Waals surface area contributed by atoms with Crippen LogP contribution in [0.5, 0.6) is 5.75 Å². The Labute approximate surface area is 156 Å². The number of hydrogen-bond donors (Lipinski definition) is 1. The molecule has 5 nitrogen and oxygen atoms in total. The average Bonchev–Trinajstić information content (AvgIpc) is 3.22. The molecule has 2 aromatic rings. The van der Waals surface area contributed by atoms with Crippen molar-refractivity contribution in [2.45, 2.75) is 23.8 Å². The van der Waals surface area contributed by atoms with E-state index in [2.05, 4.69) is 5.32 Å². The number of methoxy groups -OCH3 is 1. The summed E-state index contributed by atoms with van der Waals surface area (Å²) in [6, 6.07) is 16.8. The van der Waals surface area contributed by atoms with Crippen LogP contribution < -0.4 is 10.1 Å². The minimum absolute atomic E-state index is 0.0498. The van der Waals surface area contributed by atoms with E-state index in [0.717, 1.165) is 17.7 Å². The zero-order valence-corrected chi connectivity index (χ0v) is 15.3. The first kappa shape index (κ1) is 17.0. The van der Waals surface area contributed by atoms with E-state index >= 15 is 0 Å². The molecule has 0 bridgehead atoms. The molecule has 2 unspecified atom stereocenters. The molecule has 0 spiro atoms. The van der Waals surface area contributed by atoms with Crippen molar-refractivity contribution in [3.63, 3.8) is 0 Å². The summed E-state index contributed by atoms with van der Waals surface area (Å²) in [5.74, 6) is 1.24. The standard InChI is InChI=1S/C20H20N2O3S/c1-25-16-9-7-15(8-10-16)21-19(24)17-13-26-20(12-11-18(23)22(17)20)14-5-3-2-4-6-14/h2-10,17H,11-13H2,1H3,(H,21,24). The van der Waals surface area contributed by atoms with Crippen LogP contribution in [0.1, 0.15) is 18.4 Å². The van der Waals surface area contributed by atoms with Crippen LogP contribution in [0.4, 0.5) is 5.69 Å². The Morgan fingerprint density at radius 3 is 2.62 bits per heavy atom. The van der Waals surface area contributed by atoms with Gasteiger partial charge in [0.2, 0.25) is 11.8 Å². The highest BCUT2D eigenvalue weighted by molar-refractivity contribution is 8.00. The summed E-state index contributed by atoms with van der Waals surface area (Å²) in [6.07, 6.45) is 1.22. The van der Waals surface area contributed by atoms with Gasteiger partial charge in [0.05, 0.1) is 7.11 Å². The third-order valence-corrected chi connectivity index (χ3v) is 6.61. The molecule has 2 fully saturated rings. The molecule has 2 atom stereocenters. The fraction of sp³-hybridized carbons (Fsp3) is 0.300. The quantitative estimate of drug-likeness (QED) is 0.900. The summed E-state index contributed by atoms with van der Waals surface area (Å²) in [6.45, 7) is 0. The number of thioether (sulfide) groups is 1. The summed E-state index contributed by atoms with van der Waals surface area (Å²) >= 11 is 1.69. The minimum Gasteiger partial charge on any atom is -0.497 e. The number of hydrogen-bond acceptors (Lipinski definition) is 4. The van der Waals surface area contributed by atoms with Crippen LogP contribution in [0.2, 0.25) is 0 Å². The van der Waals surface area contributed by atoms with E-state index in [-0.39, 0.29) is 11.8 Å². The van der Waals surface area contributed by atoms with E-state index in [4.69, 9.17) is 4.74 Å². The molecule has 2 heterocycles. The van der Waals surface area contributed by atoms with Crippen molar-refractivity contribution in [1.29, 1.82) is 0 Å². The number of carbonyl (C=O) groups is 2. The highest BCUT2D eigenvalue weighted by Gasteiger charge is 2.56. The predicted octanol–water partition coefficient (Wildman–Crippen LogP) is 3.22. The lowest BCUT2D eigenvalue weighted by Crippen LogP contribution is -2.48. The topological polar surface area (TPSA) is 58.6 Å². The molecular weight excluding hydrogens is 348 g/mol. The average molecular weight is 368 g/mol. The Hall–Kier alpha value is -2.47. The molecule has 2 aliphatic heterocycles. The summed E-state index contributed by atoms with van der Waals surface area (Å²) in [4.78, 5) is 26.9. The van der Waals surface area contributed by atoms with Crippen molar-refractivity contribution in [1.82, 2.24) is 4.90 Å². The zero-order chi connectivity index (χ0) is 18.1. The maximum atomic E-state index is 12.9. The van der Waals surface area contributed by atoms with Crippen LogP contribution in [0.3, 0.4) is 0 Å². The molecule has 26 heavy (non-hydrogen) atoms. The number of nitrogens with zero attached hydrogens (tertiary/aromatic N) is 1. The summed E-state index contributed by atoms with van der Waals surface area (Å²) in [7, 11) is 1.60. The van der Waals surface area contributed by atoms with E-state index in [1.165, 1.54) is 0 Å². The van der Waals surface area contributed by atoms with Gasteiger partial charge in [-0.1, -0.05) is 30.3 Å². The molecule has 4 rings (SSSR count). The molecule has 1 N–H and O–H groups in total. The lowest BCUT2D eigenvalue weighted by molar-refractivity contribution is -0.136. The SMILES string of the molecule is COc1ccc(NC(=O)C2CSC3(c4ccccc4)CCC(=O)N23)cc1. The number of ether oxygens (including phenoxy) is 1. The van der Waals surface area contributed by atoms with Crippen molar-refractivity contribution < 1.29 is 14.3 Å². The van der Waals surface area contributed by atoms with E-state index in [1.54, 1.807) is 48.0 Å². The number of anilines is 1. The molecule has 0 aliphatic carbocycles. The number of amides is 2. The van der Waals surface area contributed by atoms with Gasteiger partial charge in [-0.25, -0.2) is 0 Å². The van der Waals surface area contributed by atoms with E-state index in [1.807, 2.05) is 30.3 Å². The molecule has 0 aromatic heterocycles. The molecule has 0 radical (unpaired) electrons. The molecule has 2 amide bonds. The second-order valence-corrected chi connectivity index (χ2v) is 7.76. The molecule has 2 saturated heterocycles. The van der Waals surface area contributed by atoms with Crippen LogP contribution in [0, 0.1) is 0 Å². The highest BCUT2D eigenvalue weighted by Crippen LogP contribution is 2.54. The Morgan fingerprint density at radius 1 is 1.19 bits per heavy atom. The van der Waals surface area contributed by atoms with Crippen molar-refractivity contribution in [3.8, 4) is 5.75 Å². The fourth-order valence-electron chi connectivity index (χ4n) is 3.74. The summed E-state index contributed by atoms with van der Waals surface area (Å²) < 4.78 is 5.14. The van der Waals surface area contributed by atoms with Gasteiger partial charge in [0.1, 0.15) is 16.7 Å². The monoisotopic (exact) mass is 368 g/mol. The molecule has 2 aromatic carbocycles. The predicted molar refractivity (Wildman–Crippen MR) is 102 cm³/mol. The van der Waals surface area contributed by atoms with Gasteiger partial charge in [-0.2, -0.15) is 0 Å². The van der Waals surface area contributed by atoms with Crippen LogP contribution in [0.25, 0.3) is 0 Å². The van der Waals surface area contributed by atoms with Crippen molar-refractivity contribution in [2.75, 3.05) is 18.2 Å².